The van der Waals surface area contributed by atoms with E-state index in [-0.39, 0.29) is 0 Å². The molecule has 0 aromatic heterocycles. The van der Waals surface area contributed by atoms with Gasteiger partial charge in [0.2, 0.25) is 0 Å². The Hall–Kier alpha value is 0.190. The van der Waals surface area contributed by atoms with E-state index in [1.807, 2.05) is 9.47 Å². The molecule has 0 radical (unpaired) electrons. The maximum Gasteiger partial charge on any atom is 0.189 e. The van der Waals surface area contributed by atoms with E-state index >= 15 is 0 Å². The van der Waals surface area contributed by atoms with Crippen molar-refractivity contribution in [2.24, 2.45) is 0 Å². The molecule has 6 atom stereocenters. The fourth-order valence-electron chi connectivity index (χ4n) is 1.18. The van der Waals surface area contributed by atoms with Crippen LogP contribution in [0, 0.1) is 0 Å². The summed E-state index contributed by atoms with van der Waals surface area (Å²) in [7, 11) is 1.88. The number of aliphatic hydroxyl groups is 4. The Bertz CT molecular complexity index is 147. The summed E-state index contributed by atoms with van der Waals surface area (Å²) >= 11 is 0. The van der Waals surface area contributed by atoms with Gasteiger partial charge in [-0.1, -0.05) is 0 Å². The smallest absolute Gasteiger partial charge is 0.189 e. The Morgan fingerprint density at radius 3 is 2.23 bits per heavy atom. The average molecular weight is 212 g/mol. The number of hydrogen-bond donors (Lipinski definition) is 4. The van der Waals surface area contributed by atoms with Gasteiger partial charge in [0.15, 0.2) is 6.29 Å². The first-order valence-electron chi connectivity index (χ1n) is 3.78. The molecule has 1 aliphatic rings. The van der Waals surface area contributed by atoms with Crippen LogP contribution < -0.4 is 0 Å². The van der Waals surface area contributed by atoms with E-state index in [0.717, 1.165) is 0 Å². The van der Waals surface area contributed by atoms with Crippen molar-refractivity contribution >= 4 is 9.47 Å². The third kappa shape index (κ3) is 2.16. The van der Waals surface area contributed by atoms with E-state index in [1.54, 1.807) is 0 Å². The fraction of sp³-hybridized carbons (Fsp3) is 1.00. The van der Waals surface area contributed by atoms with Gasteiger partial charge in [0, 0.05) is 9.47 Å². The largest absolute Gasteiger partial charge is 0.394 e. The molecule has 1 rings (SSSR count). The van der Waals surface area contributed by atoms with Gasteiger partial charge in [-0.2, -0.15) is 0 Å². The van der Waals surface area contributed by atoms with Gasteiger partial charge in [-0.15, -0.1) is 0 Å². The molecule has 0 spiro atoms. The quantitative estimate of drug-likeness (QED) is 0.381. The van der Waals surface area contributed by atoms with E-state index in [0.29, 0.717) is 0 Å². The van der Waals surface area contributed by atoms with Gasteiger partial charge in [0.05, 0.1) is 6.61 Å². The SMILES string of the molecule is OCC1O[C@@H](OP)C(O)C(O)[C@@H]1O. The molecule has 0 amide bonds. The highest BCUT2D eigenvalue weighted by Gasteiger charge is 2.43. The Morgan fingerprint density at radius 2 is 1.77 bits per heavy atom. The van der Waals surface area contributed by atoms with Gasteiger partial charge >= 0.3 is 0 Å². The number of rotatable bonds is 2. The molecule has 6 nitrogen and oxygen atoms in total. The van der Waals surface area contributed by atoms with Crippen LogP contribution >= 0.6 is 9.47 Å². The predicted octanol–water partition coefficient (Wildman–Crippen LogP) is -2.41. The molecule has 0 saturated carbocycles. The van der Waals surface area contributed by atoms with Gasteiger partial charge in [-0.3, -0.25) is 0 Å². The second kappa shape index (κ2) is 4.61. The number of ether oxygens (including phenoxy) is 1. The first kappa shape index (κ1) is 11.3. The molecule has 1 fully saturated rings. The fourth-order valence-corrected chi connectivity index (χ4v) is 1.40. The molecule has 1 saturated heterocycles. The molecule has 0 aromatic rings. The zero-order valence-electron chi connectivity index (χ0n) is 6.78. The average Bonchev–Trinajstić information content (AvgIpc) is 2.15. The maximum absolute atomic E-state index is 9.27. The standard InChI is InChI=1S/C6H13O6P/c7-1-2-3(8)4(9)5(10)6(11-2)12-13/h2-10H,1,13H2/t2?,3-,4?,5?,6+/m1/s1. The van der Waals surface area contributed by atoms with E-state index in [1.165, 1.54) is 0 Å². The molecule has 0 aromatic carbocycles. The van der Waals surface area contributed by atoms with E-state index in [9.17, 15) is 15.3 Å². The van der Waals surface area contributed by atoms with Crippen LogP contribution in [0.15, 0.2) is 0 Å². The number of aliphatic hydroxyl groups excluding tert-OH is 4. The zero-order chi connectivity index (χ0) is 10.0. The highest BCUT2D eigenvalue weighted by Crippen LogP contribution is 2.22. The Balaban J connectivity index is 2.66. The zero-order valence-corrected chi connectivity index (χ0v) is 7.93. The maximum atomic E-state index is 9.27. The first-order valence-corrected chi connectivity index (χ1v) is 4.25. The molecule has 13 heavy (non-hydrogen) atoms. The molecule has 1 heterocycles. The molecule has 1 aliphatic heterocycles. The van der Waals surface area contributed by atoms with E-state index in [4.69, 9.17) is 9.84 Å². The highest BCUT2D eigenvalue weighted by molar-refractivity contribution is 7.09. The Labute approximate surface area is 77.4 Å². The summed E-state index contributed by atoms with van der Waals surface area (Å²) in [5.41, 5.74) is 0. The second-order valence-corrected chi connectivity index (χ2v) is 3.11. The predicted molar refractivity (Wildman–Crippen MR) is 44.6 cm³/mol. The topological polar surface area (TPSA) is 99.4 Å². The lowest BCUT2D eigenvalue weighted by Gasteiger charge is -2.38. The minimum absolute atomic E-state index is 0.449. The Kier molecular flexibility index (Phi) is 4.00. The molecule has 0 bridgehead atoms. The van der Waals surface area contributed by atoms with Crippen molar-refractivity contribution in [3.05, 3.63) is 0 Å². The third-order valence-corrected chi connectivity index (χ3v) is 2.25. The van der Waals surface area contributed by atoms with E-state index < -0.39 is 37.3 Å². The van der Waals surface area contributed by atoms with Gasteiger partial charge in [-0.05, 0) is 0 Å². The normalized spacial score (nSPS) is 46.4. The van der Waals surface area contributed by atoms with Crippen molar-refractivity contribution < 1.29 is 29.7 Å². The van der Waals surface area contributed by atoms with Crippen LogP contribution in [-0.2, 0) is 9.26 Å². The van der Waals surface area contributed by atoms with Crippen molar-refractivity contribution in [3.8, 4) is 0 Å². The van der Waals surface area contributed by atoms with Crippen molar-refractivity contribution in [2.75, 3.05) is 6.61 Å². The molecule has 4 N–H and O–H groups in total. The number of hydrogen-bond acceptors (Lipinski definition) is 6. The molecule has 0 aliphatic carbocycles. The highest BCUT2D eigenvalue weighted by atomic mass is 31.0. The van der Waals surface area contributed by atoms with Crippen LogP contribution in [-0.4, -0.2) is 57.7 Å². The second-order valence-electron chi connectivity index (χ2n) is 2.83. The summed E-state index contributed by atoms with van der Waals surface area (Å²) in [6.45, 7) is -0.449. The molecular weight excluding hydrogens is 199 g/mol. The Morgan fingerprint density at radius 1 is 1.15 bits per heavy atom. The summed E-state index contributed by atoms with van der Waals surface area (Å²) < 4.78 is 9.54. The van der Waals surface area contributed by atoms with Crippen molar-refractivity contribution in [3.63, 3.8) is 0 Å². The van der Waals surface area contributed by atoms with Crippen LogP contribution in [0.25, 0.3) is 0 Å². The van der Waals surface area contributed by atoms with Crippen LogP contribution in [0.3, 0.4) is 0 Å². The van der Waals surface area contributed by atoms with E-state index in [2.05, 4.69) is 4.52 Å². The van der Waals surface area contributed by atoms with Crippen molar-refractivity contribution in [2.45, 2.75) is 30.7 Å². The van der Waals surface area contributed by atoms with Crippen LogP contribution in [0.5, 0.6) is 0 Å². The lowest BCUT2D eigenvalue weighted by atomic mass is 10.00. The third-order valence-electron chi connectivity index (χ3n) is 1.98. The molecule has 7 heteroatoms. The summed E-state index contributed by atoms with van der Waals surface area (Å²) in [4.78, 5) is 0. The lowest BCUT2D eigenvalue weighted by Crippen LogP contribution is -2.58. The van der Waals surface area contributed by atoms with Crippen LogP contribution in [0.2, 0.25) is 0 Å². The van der Waals surface area contributed by atoms with Crippen molar-refractivity contribution in [1.82, 2.24) is 0 Å². The summed E-state index contributed by atoms with van der Waals surface area (Å²) in [5.74, 6) is 0. The minimum atomic E-state index is -1.38. The van der Waals surface area contributed by atoms with Crippen LogP contribution in [0.1, 0.15) is 0 Å². The van der Waals surface area contributed by atoms with Crippen LogP contribution in [0.4, 0.5) is 0 Å². The lowest BCUT2D eigenvalue weighted by molar-refractivity contribution is -0.274. The molecule has 4 unspecified atom stereocenters. The monoisotopic (exact) mass is 212 g/mol. The molecular formula is C6H13O6P. The van der Waals surface area contributed by atoms with Crippen molar-refractivity contribution in [1.29, 1.82) is 0 Å². The van der Waals surface area contributed by atoms with Gasteiger partial charge < -0.3 is 29.7 Å². The van der Waals surface area contributed by atoms with Gasteiger partial charge in [0.25, 0.3) is 0 Å². The summed E-state index contributed by atoms with van der Waals surface area (Å²) in [6.07, 6.45) is -6.01. The molecule has 78 valence electrons. The van der Waals surface area contributed by atoms with Gasteiger partial charge in [0.1, 0.15) is 24.4 Å². The van der Waals surface area contributed by atoms with Gasteiger partial charge in [-0.25, -0.2) is 0 Å². The summed E-state index contributed by atoms with van der Waals surface area (Å²) in [5, 5.41) is 36.5. The first-order chi connectivity index (χ1) is 6.11. The minimum Gasteiger partial charge on any atom is -0.394 e. The summed E-state index contributed by atoms with van der Waals surface area (Å²) in [6, 6.07) is 0.